The lowest BCUT2D eigenvalue weighted by molar-refractivity contribution is 0.465. The maximum atomic E-state index is 11.5. The molecule has 1 saturated heterocycles. The first-order valence-corrected chi connectivity index (χ1v) is 5.86. The summed E-state index contributed by atoms with van der Waals surface area (Å²) in [6, 6.07) is 0. The summed E-state index contributed by atoms with van der Waals surface area (Å²) in [6.07, 6.45) is 1.83. The highest BCUT2D eigenvalue weighted by molar-refractivity contribution is 7.87. The predicted octanol–water partition coefficient (Wildman–Crippen LogP) is 0.227. The standard InChI is InChI=1S/C6H13N5O2S/c7-10-8-3-4-9-14(12,13)11-5-1-2-6-11/h9H,1-6H2. The number of rotatable bonds is 5. The summed E-state index contributed by atoms with van der Waals surface area (Å²) >= 11 is 0. The molecule has 0 aromatic heterocycles. The van der Waals surface area contributed by atoms with E-state index in [-0.39, 0.29) is 13.1 Å². The Morgan fingerprint density at radius 3 is 2.64 bits per heavy atom. The summed E-state index contributed by atoms with van der Waals surface area (Å²) in [6.45, 7) is 1.46. The summed E-state index contributed by atoms with van der Waals surface area (Å²) in [4.78, 5) is 2.53. The number of azide groups is 1. The van der Waals surface area contributed by atoms with Crippen molar-refractivity contribution in [3.63, 3.8) is 0 Å². The van der Waals surface area contributed by atoms with E-state index in [0.717, 1.165) is 12.8 Å². The Kier molecular flexibility index (Phi) is 4.15. The van der Waals surface area contributed by atoms with Crippen molar-refractivity contribution in [1.29, 1.82) is 0 Å². The van der Waals surface area contributed by atoms with Crippen LogP contribution in [0, 0.1) is 0 Å². The van der Waals surface area contributed by atoms with Crippen LogP contribution in [0.4, 0.5) is 0 Å². The van der Waals surface area contributed by atoms with E-state index in [9.17, 15) is 8.42 Å². The SMILES string of the molecule is [N-]=[N+]=NCCNS(=O)(=O)N1CCCC1. The van der Waals surface area contributed by atoms with E-state index >= 15 is 0 Å². The van der Waals surface area contributed by atoms with Crippen LogP contribution in [0.5, 0.6) is 0 Å². The van der Waals surface area contributed by atoms with E-state index < -0.39 is 10.2 Å². The Morgan fingerprint density at radius 1 is 1.43 bits per heavy atom. The second kappa shape index (κ2) is 5.16. The third-order valence-corrected chi connectivity index (χ3v) is 3.58. The van der Waals surface area contributed by atoms with Gasteiger partial charge in [-0.25, -0.2) is 4.72 Å². The Bertz CT molecular complexity index is 315. The number of nitrogens with zero attached hydrogens (tertiary/aromatic N) is 4. The summed E-state index contributed by atoms with van der Waals surface area (Å²) in [5, 5.41) is 3.24. The van der Waals surface area contributed by atoms with Gasteiger partial charge in [0.25, 0.3) is 10.2 Å². The fourth-order valence-corrected chi connectivity index (χ4v) is 2.56. The van der Waals surface area contributed by atoms with Crippen molar-refractivity contribution in [1.82, 2.24) is 9.03 Å². The average molecular weight is 219 g/mol. The second-order valence-corrected chi connectivity index (χ2v) is 4.72. The molecule has 1 N–H and O–H groups in total. The molecule has 0 spiro atoms. The summed E-state index contributed by atoms with van der Waals surface area (Å²) in [5.41, 5.74) is 7.98. The van der Waals surface area contributed by atoms with E-state index in [1.807, 2.05) is 0 Å². The number of hydrogen-bond donors (Lipinski definition) is 1. The zero-order valence-corrected chi connectivity index (χ0v) is 8.57. The van der Waals surface area contributed by atoms with Crippen molar-refractivity contribution in [2.75, 3.05) is 26.2 Å². The van der Waals surface area contributed by atoms with Crippen LogP contribution in [0.25, 0.3) is 10.4 Å². The van der Waals surface area contributed by atoms with Gasteiger partial charge in [0.2, 0.25) is 0 Å². The van der Waals surface area contributed by atoms with Gasteiger partial charge < -0.3 is 0 Å². The molecular formula is C6H13N5O2S. The van der Waals surface area contributed by atoms with Gasteiger partial charge in [-0.1, -0.05) is 5.11 Å². The van der Waals surface area contributed by atoms with E-state index in [4.69, 9.17) is 5.53 Å². The molecule has 1 aliphatic heterocycles. The Morgan fingerprint density at radius 2 is 2.07 bits per heavy atom. The minimum atomic E-state index is -3.34. The first kappa shape index (κ1) is 11.3. The van der Waals surface area contributed by atoms with Crippen LogP contribution in [-0.4, -0.2) is 38.9 Å². The van der Waals surface area contributed by atoms with Crippen LogP contribution in [0.2, 0.25) is 0 Å². The van der Waals surface area contributed by atoms with Crippen LogP contribution in [0.15, 0.2) is 5.11 Å². The maximum Gasteiger partial charge on any atom is 0.279 e. The Balaban J connectivity index is 2.37. The fourth-order valence-electron chi connectivity index (χ4n) is 1.29. The largest absolute Gasteiger partial charge is 0.279 e. The smallest absolute Gasteiger partial charge is 0.202 e. The molecule has 0 aliphatic carbocycles. The van der Waals surface area contributed by atoms with Crippen LogP contribution in [0.3, 0.4) is 0 Å². The molecule has 0 aromatic carbocycles. The lowest BCUT2D eigenvalue weighted by Gasteiger charge is -2.15. The van der Waals surface area contributed by atoms with Crippen molar-refractivity contribution < 1.29 is 8.42 Å². The van der Waals surface area contributed by atoms with Gasteiger partial charge in [-0.05, 0) is 18.4 Å². The first-order valence-electron chi connectivity index (χ1n) is 4.42. The van der Waals surface area contributed by atoms with Gasteiger partial charge in [0.1, 0.15) is 0 Å². The molecule has 1 heterocycles. The van der Waals surface area contributed by atoms with Crippen molar-refractivity contribution in [3.05, 3.63) is 10.4 Å². The monoisotopic (exact) mass is 219 g/mol. The van der Waals surface area contributed by atoms with Crippen LogP contribution < -0.4 is 4.72 Å². The predicted molar refractivity (Wildman–Crippen MR) is 51.7 cm³/mol. The molecule has 0 atom stereocenters. The quantitative estimate of drug-likeness (QED) is 0.310. The van der Waals surface area contributed by atoms with Crippen molar-refractivity contribution in [2.45, 2.75) is 12.8 Å². The van der Waals surface area contributed by atoms with Gasteiger partial charge in [0.05, 0.1) is 0 Å². The van der Waals surface area contributed by atoms with Gasteiger partial charge in [-0.2, -0.15) is 12.7 Å². The third-order valence-electron chi connectivity index (χ3n) is 1.96. The molecule has 1 aliphatic rings. The topological polar surface area (TPSA) is 98.2 Å². The molecule has 1 rings (SSSR count). The van der Waals surface area contributed by atoms with Gasteiger partial charge >= 0.3 is 0 Å². The molecule has 14 heavy (non-hydrogen) atoms. The molecule has 0 amide bonds. The van der Waals surface area contributed by atoms with E-state index in [2.05, 4.69) is 14.7 Å². The van der Waals surface area contributed by atoms with Gasteiger partial charge in [-0.15, -0.1) is 0 Å². The third kappa shape index (κ3) is 3.15. The van der Waals surface area contributed by atoms with E-state index in [1.165, 1.54) is 4.31 Å². The van der Waals surface area contributed by atoms with E-state index in [1.54, 1.807) is 0 Å². The van der Waals surface area contributed by atoms with Gasteiger partial charge in [0.15, 0.2) is 0 Å². The zero-order chi connectivity index (χ0) is 10.4. The van der Waals surface area contributed by atoms with E-state index in [0.29, 0.717) is 13.1 Å². The highest BCUT2D eigenvalue weighted by Gasteiger charge is 2.23. The van der Waals surface area contributed by atoms with Crippen molar-refractivity contribution in [2.24, 2.45) is 5.11 Å². The average Bonchev–Trinajstić information content (AvgIpc) is 2.65. The summed E-state index contributed by atoms with van der Waals surface area (Å²) in [5.74, 6) is 0. The van der Waals surface area contributed by atoms with Gasteiger partial charge in [0, 0.05) is 31.1 Å². The number of hydrogen-bond acceptors (Lipinski definition) is 3. The highest BCUT2D eigenvalue weighted by atomic mass is 32.2. The molecule has 1 fully saturated rings. The lowest BCUT2D eigenvalue weighted by atomic mass is 10.4. The molecule has 0 radical (unpaired) electrons. The molecule has 80 valence electrons. The molecule has 0 bridgehead atoms. The zero-order valence-electron chi connectivity index (χ0n) is 7.76. The Labute approximate surface area is 82.9 Å². The molecule has 7 nitrogen and oxygen atoms in total. The highest BCUT2D eigenvalue weighted by Crippen LogP contribution is 2.10. The summed E-state index contributed by atoms with van der Waals surface area (Å²) < 4.78 is 26.7. The number of nitrogens with one attached hydrogen (secondary N) is 1. The lowest BCUT2D eigenvalue weighted by Crippen LogP contribution is -2.39. The first-order chi connectivity index (χ1) is 6.67. The summed E-state index contributed by atoms with van der Waals surface area (Å²) in [7, 11) is -3.34. The van der Waals surface area contributed by atoms with Crippen LogP contribution in [0.1, 0.15) is 12.8 Å². The minimum Gasteiger partial charge on any atom is -0.202 e. The van der Waals surface area contributed by atoms with Crippen LogP contribution >= 0.6 is 0 Å². The van der Waals surface area contributed by atoms with Gasteiger partial charge in [-0.3, -0.25) is 0 Å². The molecule has 0 aromatic rings. The maximum absolute atomic E-state index is 11.5. The molecular weight excluding hydrogens is 206 g/mol. The Hall–Kier alpha value is -0.820. The molecule has 0 saturated carbocycles. The van der Waals surface area contributed by atoms with Crippen molar-refractivity contribution in [3.8, 4) is 0 Å². The minimum absolute atomic E-state index is 0.142. The fraction of sp³-hybridized carbons (Fsp3) is 1.00. The van der Waals surface area contributed by atoms with Crippen LogP contribution in [-0.2, 0) is 10.2 Å². The molecule has 0 unspecified atom stereocenters. The second-order valence-electron chi connectivity index (χ2n) is 2.96. The van der Waals surface area contributed by atoms with Crippen molar-refractivity contribution >= 4 is 10.2 Å². The molecule has 8 heteroatoms. The normalized spacial score (nSPS) is 18.0.